The number of nitrogens with zero attached hydrogens (tertiary/aromatic N) is 2. The van der Waals surface area contributed by atoms with Crippen molar-refractivity contribution in [3.8, 4) is 0 Å². The van der Waals surface area contributed by atoms with Crippen molar-refractivity contribution < 1.29 is 4.79 Å². The third-order valence-corrected chi connectivity index (χ3v) is 5.05. The Hall–Kier alpha value is -1.84. The summed E-state index contributed by atoms with van der Waals surface area (Å²) in [7, 11) is 0. The molecule has 3 aliphatic rings. The standard InChI is InChI=1S/C16H19N3O/c17-14-16-9-5-11-19(16)15(20)18(14)10-4-3-7-12-6-1-2-8-13(12)16/h1-2,6,8,17H,3-5,7,9-11H2/t16-/m0/s1. The summed E-state index contributed by atoms with van der Waals surface area (Å²) in [6.45, 7) is 1.48. The third-order valence-electron chi connectivity index (χ3n) is 5.05. The van der Waals surface area contributed by atoms with E-state index in [1.54, 1.807) is 4.90 Å². The molecular formula is C16H19N3O. The molecule has 2 saturated heterocycles. The van der Waals surface area contributed by atoms with Crippen LogP contribution in [0.4, 0.5) is 4.79 Å². The van der Waals surface area contributed by atoms with Crippen molar-refractivity contribution >= 4 is 11.9 Å². The van der Waals surface area contributed by atoms with Crippen molar-refractivity contribution in [3.63, 3.8) is 0 Å². The second-order valence-corrected chi connectivity index (χ2v) is 6.01. The Labute approximate surface area is 118 Å². The molecule has 1 N–H and O–H groups in total. The smallest absolute Gasteiger partial charge is 0.307 e. The van der Waals surface area contributed by atoms with Crippen molar-refractivity contribution in [1.82, 2.24) is 9.80 Å². The molecule has 2 bridgehead atoms. The predicted molar refractivity (Wildman–Crippen MR) is 76.8 cm³/mol. The van der Waals surface area contributed by atoms with Crippen molar-refractivity contribution in [2.45, 2.75) is 37.6 Å². The van der Waals surface area contributed by atoms with Crippen molar-refractivity contribution in [3.05, 3.63) is 35.4 Å². The molecule has 3 heterocycles. The van der Waals surface area contributed by atoms with E-state index in [1.807, 2.05) is 11.0 Å². The summed E-state index contributed by atoms with van der Waals surface area (Å²) in [6.07, 6.45) is 5.01. The average Bonchev–Trinajstić information content (AvgIpc) is 2.99. The summed E-state index contributed by atoms with van der Waals surface area (Å²) in [6, 6.07) is 8.47. The summed E-state index contributed by atoms with van der Waals surface area (Å²) in [5.74, 6) is 0.509. The minimum atomic E-state index is -0.474. The van der Waals surface area contributed by atoms with Gasteiger partial charge in [0.2, 0.25) is 0 Å². The second-order valence-electron chi connectivity index (χ2n) is 6.01. The van der Waals surface area contributed by atoms with Crippen LogP contribution in [0.1, 0.15) is 36.8 Å². The van der Waals surface area contributed by atoms with E-state index in [9.17, 15) is 4.79 Å². The zero-order valence-corrected chi connectivity index (χ0v) is 11.6. The lowest BCUT2D eigenvalue weighted by molar-refractivity contribution is 0.181. The highest BCUT2D eigenvalue weighted by molar-refractivity contribution is 6.09. The maximum atomic E-state index is 12.6. The number of benzene rings is 1. The van der Waals surface area contributed by atoms with Crippen molar-refractivity contribution in [2.75, 3.05) is 13.1 Å². The van der Waals surface area contributed by atoms with Gasteiger partial charge in [-0.3, -0.25) is 10.3 Å². The number of hydrogen-bond acceptors (Lipinski definition) is 2. The number of amidine groups is 1. The molecule has 0 radical (unpaired) electrons. The van der Waals surface area contributed by atoms with E-state index in [2.05, 4.69) is 18.2 Å². The lowest BCUT2D eigenvalue weighted by Gasteiger charge is -2.32. The number of rotatable bonds is 0. The van der Waals surface area contributed by atoms with E-state index >= 15 is 0 Å². The number of carbonyl (C=O) groups excluding carboxylic acids is 1. The normalized spacial score (nSPS) is 28.8. The molecule has 2 amide bonds. The van der Waals surface area contributed by atoms with Gasteiger partial charge < -0.3 is 4.90 Å². The van der Waals surface area contributed by atoms with E-state index in [0.717, 1.165) is 38.6 Å². The number of urea groups is 1. The van der Waals surface area contributed by atoms with Crippen LogP contribution in [-0.4, -0.2) is 34.8 Å². The van der Waals surface area contributed by atoms with E-state index in [-0.39, 0.29) is 6.03 Å². The first-order valence-electron chi connectivity index (χ1n) is 7.52. The lowest BCUT2D eigenvalue weighted by Crippen LogP contribution is -2.42. The first kappa shape index (κ1) is 11.9. The van der Waals surface area contributed by atoms with Crippen LogP contribution in [0.2, 0.25) is 0 Å². The Morgan fingerprint density at radius 2 is 1.95 bits per heavy atom. The maximum Gasteiger partial charge on any atom is 0.326 e. The van der Waals surface area contributed by atoms with Crippen LogP contribution < -0.4 is 0 Å². The highest BCUT2D eigenvalue weighted by Gasteiger charge is 2.58. The molecule has 0 unspecified atom stereocenters. The van der Waals surface area contributed by atoms with Crippen LogP contribution in [0.3, 0.4) is 0 Å². The monoisotopic (exact) mass is 269 g/mol. The number of aryl methyl sites for hydroxylation is 1. The van der Waals surface area contributed by atoms with Gasteiger partial charge in [-0.25, -0.2) is 4.79 Å². The number of hydrogen-bond donors (Lipinski definition) is 1. The summed E-state index contributed by atoms with van der Waals surface area (Å²) in [5.41, 5.74) is 2.04. The minimum absolute atomic E-state index is 0.0456. The number of nitrogens with one attached hydrogen (secondary N) is 1. The highest BCUT2D eigenvalue weighted by Crippen LogP contribution is 2.47. The molecule has 4 heteroatoms. The molecule has 4 nitrogen and oxygen atoms in total. The predicted octanol–water partition coefficient (Wildman–Crippen LogP) is 2.73. The molecule has 4 rings (SSSR count). The molecule has 20 heavy (non-hydrogen) atoms. The molecule has 1 atom stereocenters. The Morgan fingerprint density at radius 1 is 1.10 bits per heavy atom. The van der Waals surface area contributed by atoms with Crippen LogP contribution in [-0.2, 0) is 12.0 Å². The van der Waals surface area contributed by atoms with Gasteiger partial charge in [-0.2, -0.15) is 0 Å². The summed E-state index contributed by atoms with van der Waals surface area (Å²) >= 11 is 0. The first-order valence-corrected chi connectivity index (χ1v) is 7.52. The molecule has 2 fully saturated rings. The van der Waals surface area contributed by atoms with Gasteiger partial charge in [0, 0.05) is 13.1 Å². The lowest BCUT2D eigenvalue weighted by atomic mass is 9.83. The third kappa shape index (κ3) is 1.31. The fraction of sp³-hybridized carbons (Fsp3) is 0.500. The van der Waals surface area contributed by atoms with Crippen LogP contribution in [0, 0.1) is 5.41 Å². The van der Waals surface area contributed by atoms with Crippen LogP contribution in [0.5, 0.6) is 0 Å². The van der Waals surface area contributed by atoms with Gasteiger partial charge in [-0.15, -0.1) is 0 Å². The van der Waals surface area contributed by atoms with Crippen LogP contribution in [0.15, 0.2) is 24.3 Å². The van der Waals surface area contributed by atoms with Gasteiger partial charge in [-0.1, -0.05) is 24.3 Å². The minimum Gasteiger partial charge on any atom is -0.307 e. The zero-order valence-electron chi connectivity index (χ0n) is 11.6. The van der Waals surface area contributed by atoms with E-state index < -0.39 is 5.54 Å². The molecule has 0 aromatic heterocycles. The molecule has 0 aliphatic carbocycles. The molecule has 3 aliphatic heterocycles. The first-order chi connectivity index (χ1) is 9.75. The second kappa shape index (κ2) is 4.08. The Balaban J connectivity index is 1.97. The fourth-order valence-corrected chi connectivity index (χ4v) is 4.13. The average molecular weight is 269 g/mol. The molecular weight excluding hydrogens is 250 g/mol. The van der Waals surface area contributed by atoms with Crippen molar-refractivity contribution in [1.29, 1.82) is 5.41 Å². The van der Waals surface area contributed by atoms with Gasteiger partial charge in [0.15, 0.2) is 0 Å². The van der Waals surface area contributed by atoms with Gasteiger partial charge in [0.05, 0.1) is 0 Å². The highest BCUT2D eigenvalue weighted by atomic mass is 16.2. The van der Waals surface area contributed by atoms with Crippen LogP contribution >= 0.6 is 0 Å². The number of carbonyl (C=O) groups is 1. The quantitative estimate of drug-likeness (QED) is 0.773. The molecule has 1 aromatic rings. The summed E-state index contributed by atoms with van der Waals surface area (Å²) < 4.78 is 0. The number of fused-ring (bicyclic) bond motifs is 2. The molecule has 1 spiro atoms. The van der Waals surface area contributed by atoms with Gasteiger partial charge in [0.1, 0.15) is 11.4 Å². The Bertz CT molecular complexity index is 597. The van der Waals surface area contributed by atoms with E-state index in [4.69, 9.17) is 5.41 Å². The molecule has 1 aromatic carbocycles. The fourth-order valence-electron chi connectivity index (χ4n) is 4.13. The number of amides is 2. The maximum absolute atomic E-state index is 12.6. The largest absolute Gasteiger partial charge is 0.326 e. The summed E-state index contributed by atoms with van der Waals surface area (Å²) in [4.78, 5) is 16.3. The van der Waals surface area contributed by atoms with E-state index in [1.165, 1.54) is 11.1 Å². The molecule has 104 valence electrons. The molecule has 0 saturated carbocycles. The zero-order chi connectivity index (χ0) is 13.7. The summed E-state index contributed by atoms with van der Waals surface area (Å²) in [5, 5.41) is 8.64. The van der Waals surface area contributed by atoms with Gasteiger partial charge >= 0.3 is 6.03 Å². The van der Waals surface area contributed by atoms with Gasteiger partial charge in [0.25, 0.3) is 0 Å². The van der Waals surface area contributed by atoms with Crippen LogP contribution in [0.25, 0.3) is 0 Å². The topological polar surface area (TPSA) is 47.4 Å². The van der Waals surface area contributed by atoms with Gasteiger partial charge in [-0.05, 0) is 43.2 Å². The Morgan fingerprint density at radius 3 is 2.85 bits per heavy atom. The van der Waals surface area contributed by atoms with Crippen molar-refractivity contribution in [2.24, 2.45) is 0 Å². The SMILES string of the molecule is N=C1N2CCCCc3ccccc3[C@@]13CCCN3C2=O. The Kier molecular flexibility index (Phi) is 2.43. The van der Waals surface area contributed by atoms with E-state index in [0.29, 0.717) is 12.4 Å².